The largest absolute Gasteiger partial charge is 0.544 e. The number of halogens is 1. The van der Waals surface area contributed by atoms with Gasteiger partial charge < -0.3 is 25.0 Å². The molecule has 1 aromatic heterocycles. The molecule has 116 valence electrons. The Morgan fingerprint density at radius 1 is 1.32 bits per heavy atom. The Bertz CT molecular complexity index is 643. The molecule has 0 aliphatic rings. The molecule has 1 aromatic carbocycles. The van der Waals surface area contributed by atoms with Crippen LogP contribution < -0.4 is 15.7 Å². The predicted molar refractivity (Wildman–Crippen MR) is 77.8 cm³/mol. The highest BCUT2D eigenvalue weighted by Gasteiger charge is 2.19. The second-order valence-corrected chi connectivity index (χ2v) is 5.14. The highest BCUT2D eigenvalue weighted by atomic mass is 35.5. The molecule has 0 fully saturated rings. The molecule has 2 aromatic rings. The van der Waals surface area contributed by atoms with Crippen molar-refractivity contribution in [3.63, 3.8) is 0 Å². The average molecular weight is 323 g/mol. The summed E-state index contributed by atoms with van der Waals surface area (Å²) in [5.41, 5.74) is 0.514. The maximum absolute atomic E-state index is 11.9. The first-order chi connectivity index (χ1) is 10.5. The number of hydrogen-bond acceptors (Lipinski definition) is 4. The number of quaternary nitrogens is 1. The third-order valence-electron chi connectivity index (χ3n) is 3.00. The quantitative estimate of drug-likeness (QED) is 0.757. The summed E-state index contributed by atoms with van der Waals surface area (Å²) >= 11 is 5.82. The number of benzene rings is 1. The minimum atomic E-state index is -1.30. The number of carbonyl (C=O) groups is 2. The van der Waals surface area contributed by atoms with Gasteiger partial charge >= 0.3 is 0 Å². The van der Waals surface area contributed by atoms with Crippen molar-refractivity contribution in [2.24, 2.45) is 0 Å². The Kier molecular flexibility index (Phi) is 5.57. The number of nitrogens with one attached hydrogen (secondary N) is 1. The molecule has 2 rings (SSSR count). The zero-order valence-electron chi connectivity index (χ0n) is 11.6. The fourth-order valence-corrected chi connectivity index (χ4v) is 2.12. The summed E-state index contributed by atoms with van der Waals surface area (Å²) < 4.78 is 5.12. The summed E-state index contributed by atoms with van der Waals surface area (Å²) in [6.07, 6.45) is 1.29. The zero-order chi connectivity index (χ0) is 15.9. The van der Waals surface area contributed by atoms with E-state index in [1.165, 1.54) is 11.6 Å². The molecule has 0 unspecified atom stereocenters. The summed E-state index contributed by atoms with van der Waals surface area (Å²) in [5, 5.41) is 15.7. The first-order valence-corrected chi connectivity index (χ1v) is 7.04. The lowest BCUT2D eigenvalue weighted by atomic mass is 10.2. The maximum atomic E-state index is 11.9. The Hall–Kier alpha value is -2.31. The summed E-state index contributed by atoms with van der Waals surface area (Å²) in [7, 11) is 0. The van der Waals surface area contributed by atoms with Crippen LogP contribution in [-0.2, 0) is 16.1 Å². The number of carbonyl (C=O) groups excluding carboxylic acids is 2. The molecule has 0 radical (unpaired) electrons. The lowest BCUT2D eigenvalue weighted by Crippen LogP contribution is -2.92. The summed E-state index contributed by atoms with van der Waals surface area (Å²) in [5.74, 6) is -1.10. The van der Waals surface area contributed by atoms with Crippen molar-refractivity contribution in [2.45, 2.75) is 19.0 Å². The molecule has 3 N–H and O–H groups in total. The molecule has 0 bridgehead atoms. The first kappa shape index (κ1) is 16.1. The molecule has 1 amide bonds. The fraction of sp³-hybridized carbons (Fsp3) is 0.200. The number of furan rings is 1. The van der Waals surface area contributed by atoms with Crippen LogP contribution in [0, 0.1) is 0 Å². The minimum absolute atomic E-state index is 0.213. The van der Waals surface area contributed by atoms with Gasteiger partial charge in [-0.05, 0) is 30.3 Å². The van der Waals surface area contributed by atoms with E-state index in [1.54, 1.807) is 36.4 Å². The molecule has 6 nitrogen and oxygen atoms in total. The zero-order valence-corrected chi connectivity index (χ0v) is 12.4. The maximum Gasteiger partial charge on any atom is 0.230 e. The van der Waals surface area contributed by atoms with E-state index in [1.807, 2.05) is 0 Å². The number of amides is 1. The lowest BCUT2D eigenvalue weighted by molar-refractivity contribution is -0.698. The van der Waals surface area contributed by atoms with Crippen LogP contribution in [0.1, 0.15) is 12.2 Å². The van der Waals surface area contributed by atoms with Crippen molar-refractivity contribution < 1.29 is 24.4 Å². The molecule has 0 aliphatic carbocycles. The SMILES string of the molecule is O=C(C[C@H]([NH2+]Cc1ccco1)C(=O)[O-])Nc1cccc(Cl)c1. The van der Waals surface area contributed by atoms with Gasteiger partial charge in [-0.25, -0.2) is 0 Å². The van der Waals surface area contributed by atoms with Gasteiger partial charge in [0.2, 0.25) is 5.91 Å². The number of hydrogen-bond donors (Lipinski definition) is 2. The van der Waals surface area contributed by atoms with Crippen LogP contribution in [0.15, 0.2) is 47.1 Å². The highest BCUT2D eigenvalue weighted by molar-refractivity contribution is 6.30. The van der Waals surface area contributed by atoms with Gasteiger partial charge in [0.1, 0.15) is 12.6 Å². The molecule has 1 atom stereocenters. The topological polar surface area (TPSA) is 99.0 Å². The van der Waals surface area contributed by atoms with Crippen molar-refractivity contribution in [1.82, 2.24) is 0 Å². The van der Waals surface area contributed by atoms with Crippen molar-refractivity contribution in [1.29, 1.82) is 0 Å². The van der Waals surface area contributed by atoms with Crippen molar-refractivity contribution >= 4 is 29.2 Å². The summed E-state index contributed by atoms with van der Waals surface area (Å²) in [6, 6.07) is 9.07. The Morgan fingerprint density at radius 3 is 2.77 bits per heavy atom. The molecule has 0 aliphatic heterocycles. The normalized spacial score (nSPS) is 11.9. The van der Waals surface area contributed by atoms with Crippen LogP contribution >= 0.6 is 11.6 Å². The van der Waals surface area contributed by atoms with E-state index < -0.39 is 17.9 Å². The van der Waals surface area contributed by atoms with Crippen LogP contribution in [-0.4, -0.2) is 17.9 Å². The molecule has 1 heterocycles. The van der Waals surface area contributed by atoms with E-state index in [0.717, 1.165) is 0 Å². The van der Waals surface area contributed by atoms with Crippen LogP contribution in [0.5, 0.6) is 0 Å². The third-order valence-corrected chi connectivity index (χ3v) is 3.24. The first-order valence-electron chi connectivity index (χ1n) is 6.66. The molecule has 22 heavy (non-hydrogen) atoms. The van der Waals surface area contributed by atoms with E-state index in [-0.39, 0.29) is 6.42 Å². The number of carboxylic acids is 1. The van der Waals surface area contributed by atoms with Gasteiger partial charge in [-0.15, -0.1) is 0 Å². The fourth-order valence-electron chi connectivity index (χ4n) is 1.93. The van der Waals surface area contributed by atoms with Crippen molar-refractivity contribution in [2.75, 3.05) is 5.32 Å². The average Bonchev–Trinajstić information content (AvgIpc) is 2.96. The van der Waals surface area contributed by atoms with Gasteiger partial charge in [0.25, 0.3) is 0 Å². The molecular formula is C15H15ClN2O4. The van der Waals surface area contributed by atoms with Crippen LogP contribution in [0.4, 0.5) is 5.69 Å². The molecular weight excluding hydrogens is 308 g/mol. The van der Waals surface area contributed by atoms with E-state index in [2.05, 4.69) is 5.32 Å². The standard InChI is InChI=1S/C15H15ClN2O4/c16-10-3-1-4-11(7-10)18-14(19)8-13(15(20)21)17-9-12-5-2-6-22-12/h1-7,13,17H,8-9H2,(H,18,19)(H,20,21)/t13-/m0/s1. The summed E-state index contributed by atoms with van der Waals surface area (Å²) in [6.45, 7) is 0.316. The van der Waals surface area contributed by atoms with Crippen LogP contribution in [0.3, 0.4) is 0 Å². The van der Waals surface area contributed by atoms with Crippen LogP contribution in [0.25, 0.3) is 0 Å². The Labute approximate surface area is 132 Å². The van der Waals surface area contributed by atoms with E-state index in [9.17, 15) is 14.7 Å². The van der Waals surface area contributed by atoms with E-state index >= 15 is 0 Å². The Morgan fingerprint density at radius 2 is 2.14 bits per heavy atom. The number of nitrogens with two attached hydrogens (primary N) is 1. The number of aliphatic carboxylic acids is 1. The van der Waals surface area contributed by atoms with Gasteiger partial charge in [0.15, 0.2) is 5.76 Å². The van der Waals surface area contributed by atoms with E-state index in [0.29, 0.717) is 23.0 Å². The monoisotopic (exact) mass is 322 g/mol. The van der Waals surface area contributed by atoms with Gasteiger partial charge in [0, 0.05) is 10.7 Å². The second-order valence-electron chi connectivity index (χ2n) is 4.71. The van der Waals surface area contributed by atoms with Gasteiger partial charge in [-0.3, -0.25) is 4.79 Å². The highest BCUT2D eigenvalue weighted by Crippen LogP contribution is 2.15. The van der Waals surface area contributed by atoms with E-state index in [4.69, 9.17) is 16.0 Å². The number of rotatable bonds is 7. The molecule has 0 saturated heterocycles. The molecule has 0 spiro atoms. The van der Waals surface area contributed by atoms with Gasteiger partial charge in [-0.2, -0.15) is 0 Å². The Balaban J connectivity index is 1.89. The lowest BCUT2D eigenvalue weighted by Gasteiger charge is -2.15. The van der Waals surface area contributed by atoms with Crippen molar-refractivity contribution in [3.05, 3.63) is 53.4 Å². The number of anilines is 1. The predicted octanol–water partition coefficient (Wildman–Crippen LogP) is 0.144. The molecule has 0 saturated carbocycles. The minimum Gasteiger partial charge on any atom is -0.544 e. The second kappa shape index (κ2) is 7.63. The number of carboxylic acid groups (broad SMARTS) is 1. The van der Waals surface area contributed by atoms with Crippen molar-refractivity contribution in [3.8, 4) is 0 Å². The smallest absolute Gasteiger partial charge is 0.230 e. The van der Waals surface area contributed by atoms with Gasteiger partial charge in [0.05, 0.1) is 18.7 Å². The third kappa shape index (κ3) is 4.91. The van der Waals surface area contributed by atoms with Gasteiger partial charge in [-0.1, -0.05) is 17.7 Å². The molecule has 7 heteroatoms. The summed E-state index contributed by atoms with van der Waals surface area (Å²) in [4.78, 5) is 23.0. The van der Waals surface area contributed by atoms with Crippen LogP contribution in [0.2, 0.25) is 5.02 Å².